The van der Waals surface area contributed by atoms with Crippen LogP contribution in [0.1, 0.15) is 19.3 Å². The number of amidine groups is 1. The van der Waals surface area contributed by atoms with E-state index in [-0.39, 0.29) is 6.10 Å². The molecule has 0 heterocycles. The van der Waals surface area contributed by atoms with Crippen molar-refractivity contribution in [3.8, 4) is 0 Å². The summed E-state index contributed by atoms with van der Waals surface area (Å²) >= 11 is 0. The van der Waals surface area contributed by atoms with Gasteiger partial charge in [-0.25, -0.2) is 0 Å². The molecular weight excluding hydrogens is 173 g/mol. The predicted molar refractivity (Wildman–Crippen MR) is 36.4 cm³/mol. The molecule has 0 aromatic rings. The summed E-state index contributed by atoms with van der Waals surface area (Å²) in [6, 6.07) is 0. The molecule has 0 aromatic heterocycles. The van der Waals surface area contributed by atoms with Crippen LogP contribution in [-0.4, -0.2) is 18.1 Å². The number of rotatable bonds is 2. The summed E-state index contributed by atoms with van der Waals surface area (Å²) in [5.41, 5.74) is 4.58. The molecular formula is C6H9F3N2O. The van der Waals surface area contributed by atoms with Crippen LogP contribution in [-0.2, 0) is 4.84 Å². The van der Waals surface area contributed by atoms with Crippen molar-refractivity contribution < 1.29 is 18.0 Å². The number of nitrogens with zero attached hydrogens (tertiary/aromatic N) is 1. The molecule has 1 saturated carbocycles. The number of nitrogens with two attached hydrogens (primary N) is 1. The van der Waals surface area contributed by atoms with E-state index >= 15 is 0 Å². The summed E-state index contributed by atoms with van der Waals surface area (Å²) < 4.78 is 35.1. The van der Waals surface area contributed by atoms with E-state index in [2.05, 4.69) is 15.7 Å². The Labute approximate surface area is 67.4 Å². The fourth-order valence-corrected chi connectivity index (χ4v) is 0.659. The predicted octanol–water partition coefficient (Wildman–Crippen LogP) is 1.39. The molecule has 1 aliphatic rings. The maximum Gasteiger partial charge on any atom is 0.452 e. The molecule has 70 valence electrons. The third kappa shape index (κ3) is 2.28. The van der Waals surface area contributed by atoms with E-state index < -0.39 is 12.0 Å². The van der Waals surface area contributed by atoms with Gasteiger partial charge in [0.1, 0.15) is 6.10 Å². The maximum absolute atomic E-state index is 11.7. The molecule has 3 nitrogen and oxygen atoms in total. The lowest BCUT2D eigenvalue weighted by Crippen LogP contribution is -2.32. The summed E-state index contributed by atoms with van der Waals surface area (Å²) in [6.07, 6.45) is -2.26. The van der Waals surface area contributed by atoms with Crippen molar-refractivity contribution in [2.75, 3.05) is 0 Å². The number of hydrogen-bond acceptors (Lipinski definition) is 2. The fraction of sp³-hybridized carbons (Fsp3) is 0.833. The molecule has 6 heteroatoms. The first-order valence-corrected chi connectivity index (χ1v) is 3.56. The Bertz CT molecular complexity index is 186. The zero-order valence-corrected chi connectivity index (χ0v) is 6.27. The maximum atomic E-state index is 11.7. The van der Waals surface area contributed by atoms with Crippen LogP contribution in [0.4, 0.5) is 13.2 Å². The van der Waals surface area contributed by atoms with Crippen molar-refractivity contribution in [3.63, 3.8) is 0 Å². The van der Waals surface area contributed by atoms with Crippen LogP contribution < -0.4 is 5.73 Å². The molecule has 0 amide bonds. The number of hydrogen-bond donors (Lipinski definition) is 1. The Hall–Kier alpha value is -0.940. The second-order valence-corrected chi connectivity index (χ2v) is 2.63. The molecule has 1 fully saturated rings. The number of oxime groups is 1. The van der Waals surface area contributed by atoms with Crippen LogP contribution in [0.15, 0.2) is 5.16 Å². The van der Waals surface area contributed by atoms with E-state index in [1.165, 1.54) is 0 Å². The lowest BCUT2D eigenvalue weighted by atomic mass is 9.97. The van der Waals surface area contributed by atoms with Gasteiger partial charge in [-0.05, 0) is 19.3 Å². The minimum Gasteiger partial charge on any atom is -0.391 e. The van der Waals surface area contributed by atoms with Crippen LogP contribution in [0.2, 0.25) is 0 Å². The molecule has 0 saturated heterocycles. The molecule has 0 bridgehead atoms. The van der Waals surface area contributed by atoms with Crippen molar-refractivity contribution >= 4 is 5.84 Å². The van der Waals surface area contributed by atoms with Gasteiger partial charge in [-0.2, -0.15) is 13.2 Å². The summed E-state index contributed by atoms with van der Waals surface area (Å²) in [7, 11) is 0. The lowest BCUT2D eigenvalue weighted by Gasteiger charge is -2.22. The molecule has 1 aliphatic carbocycles. The van der Waals surface area contributed by atoms with E-state index in [1.54, 1.807) is 0 Å². The van der Waals surface area contributed by atoms with Crippen LogP contribution in [0.25, 0.3) is 0 Å². The smallest absolute Gasteiger partial charge is 0.391 e. The summed E-state index contributed by atoms with van der Waals surface area (Å²) in [4.78, 5) is 4.51. The minimum absolute atomic E-state index is 0.175. The first kappa shape index (κ1) is 9.15. The van der Waals surface area contributed by atoms with Crippen LogP contribution in [0.5, 0.6) is 0 Å². The van der Waals surface area contributed by atoms with Crippen LogP contribution in [0, 0.1) is 0 Å². The number of alkyl halides is 3. The average molecular weight is 182 g/mol. The van der Waals surface area contributed by atoms with Crippen LogP contribution >= 0.6 is 0 Å². The molecule has 0 aromatic carbocycles. The topological polar surface area (TPSA) is 47.6 Å². The van der Waals surface area contributed by atoms with Crippen molar-refractivity contribution in [3.05, 3.63) is 0 Å². The second-order valence-electron chi connectivity index (χ2n) is 2.63. The first-order chi connectivity index (χ1) is 5.50. The van der Waals surface area contributed by atoms with Crippen molar-refractivity contribution in [1.29, 1.82) is 0 Å². The van der Waals surface area contributed by atoms with Gasteiger partial charge in [0, 0.05) is 0 Å². The molecule has 0 spiro atoms. The standard InChI is InChI=1S/C6H9F3N2O/c7-6(8,9)5(10)11-12-4-2-1-3-4/h4H,1-3H2,(H2,10,11). The van der Waals surface area contributed by atoms with Crippen LogP contribution in [0.3, 0.4) is 0 Å². The molecule has 12 heavy (non-hydrogen) atoms. The average Bonchev–Trinajstić information content (AvgIpc) is 1.81. The molecule has 1 rings (SSSR count). The third-order valence-corrected chi connectivity index (χ3v) is 1.64. The Morgan fingerprint density at radius 2 is 2.00 bits per heavy atom. The first-order valence-electron chi connectivity index (χ1n) is 3.56. The van der Waals surface area contributed by atoms with E-state index in [0.29, 0.717) is 0 Å². The highest BCUT2D eigenvalue weighted by atomic mass is 19.4. The fourth-order valence-electron chi connectivity index (χ4n) is 0.659. The summed E-state index contributed by atoms with van der Waals surface area (Å²) in [6.45, 7) is 0. The molecule has 0 atom stereocenters. The third-order valence-electron chi connectivity index (χ3n) is 1.64. The van der Waals surface area contributed by atoms with Gasteiger partial charge in [0.2, 0.25) is 5.84 Å². The summed E-state index contributed by atoms with van der Waals surface area (Å²) in [5, 5.41) is 2.79. The zero-order valence-electron chi connectivity index (χ0n) is 6.27. The number of halogens is 3. The molecule has 0 unspecified atom stereocenters. The monoisotopic (exact) mass is 182 g/mol. The molecule has 0 radical (unpaired) electrons. The highest BCUT2D eigenvalue weighted by Crippen LogP contribution is 2.23. The SMILES string of the molecule is N/C(=N\OC1CCC1)C(F)(F)F. The summed E-state index contributed by atoms with van der Waals surface area (Å²) in [5.74, 6) is -1.42. The van der Waals surface area contributed by atoms with Gasteiger partial charge < -0.3 is 10.6 Å². The Morgan fingerprint density at radius 1 is 1.42 bits per heavy atom. The van der Waals surface area contributed by atoms with Gasteiger partial charge in [0.15, 0.2) is 0 Å². The highest BCUT2D eigenvalue weighted by Gasteiger charge is 2.35. The van der Waals surface area contributed by atoms with Gasteiger partial charge in [-0.1, -0.05) is 5.16 Å². The van der Waals surface area contributed by atoms with Crippen molar-refractivity contribution in [2.45, 2.75) is 31.5 Å². The second kappa shape index (κ2) is 3.20. The largest absolute Gasteiger partial charge is 0.452 e. The Kier molecular flexibility index (Phi) is 2.44. The minimum atomic E-state index is -4.58. The highest BCUT2D eigenvalue weighted by molar-refractivity contribution is 5.85. The molecule has 2 N–H and O–H groups in total. The van der Waals surface area contributed by atoms with Crippen molar-refractivity contribution in [1.82, 2.24) is 0 Å². The Balaban J connectivity index is 2.34. The zero-order chi connectivity index (χ0) is 9.19. The normalized spacial score (nSPS) is 20.4. The van der Waals surface area contributed by atoms with Gasteiger partial charge in [-0.15, -0.1) is 0 Å². The van der Waals surface area contributed by atoms with Gasteiger partial charge in [0.05, 0.1) is 0 Å². The van der Waals surface area contributed by atoms with E-state index in [0.717, 1.165) is 19.3 Å². The van der Waals surface area contributed by atoms with Crippen molar-refractivity contribution in [2.24, 2.45) is 10.9 Å². The van der Waals surface area contributed by atoms with Gasteiger partial charge in [-0.3, -0.25) is 0 Å². The quantitative estimate of drug-likeness (QED) is 0.398. The van der Waals surface area contributed by atoms with E-state index in [9.17, 15) is 13.2 Å². The van der Waals surface area contributed by atoms with Gasteiger partial charge >= 0.3 is 6.18 Å². The molecule has 0 aliphatic heterocycles. The van der Waals surface area contributed by atoms with E-state index in [1.807, 2.05) is 0 Å². The Morgan fingerprint density at radius 3 is 2.33 bits per heavy atom. The van der Waals surface area contributed by atoms with Gasteiger partial charge in [0.25, 0.3) is 0 Å². The lowest BCUT2D eigenvalue weighted by molar-refractivity contribution is -0.0679. The van der Waals surface area contributed by atoms with E-state index in [4.69, 9.17) is 0 Å².